The minimum atomic E-state index is -0.906. The van der Waals surface area contributed by atoms with Gasteiger partial charge in [0.2, 0.25) is 5.91 Å². The highest BCUT2D eigenvalue weighted by atomic mass is 16.5. The molecular weight excluding hydrogens is 310 g/mol. The van der Waals surface area contributed by atoms with Crippen LogP contribution in [0.1, 0.15) is 29.8 Å². The van der Waals surface area contributed by atoms with E-state index < -0.39 is 12.1 Å². The number of amides is 2. The van der Waals surface area contributed by atoms with E-state index in [9.17, 15) is 14.4 Å². The monoisotopic (exact) mass is 329 g/mol. The summed E-state index contributed by atoms with van der Waals surface area (Å²) in [6, 6.07) is 7.98. The summed E-state index contributed by atoms with van der Waals surface area (Å²) in [7, 11) is 0. The molecule has 126 valence electrons. The molecule has 7 heteroatoms. The van der Waals surface area contributed by atoms with Crippen LogP contribution in [0.25, 0.3) is 0 Å². The van der Waals surface area contributed by atoms with Crippen LogP contribution in [0.5, 0.6) is 0 Å². The van der Waals surface area contributed by atoms with E-state index in [4.69, 9.17) is 10.00 Å². The van der Waals surface area contributed by atoms with Gasteiger partial charge in [-0.3, -0.25) is 9.59 Å². The second-order valence-corrected chi connectivity index (χ2v) is 5.57. The highest BCUT2D eigenvalue weighted by Gasteiger charge is 2.28. The van der Waals surface area contributed by atoms with Crippen molar-refractivity contribution in [1.82, 2.24) is 9.80 Å². The molecule has 1 saturated heterocycles. The maximum atomic E-state index is 12.3. The SMILES string of the molecule is CC(=O)N1CCN(C(=O)[C@@H](C)OC(=O)c2ccc(C#N)cc2)CC1. The molecule has 0 bridgehead atoms. The van der Waals surface area contributed by atoms with E-state index in [1.54, 1.807) is 9.80 Å². The lowest BCUT2D eigenvalue weighted by molar-refractivity contribution is -0.144. The molecular formula is C17H19N3O4. The Kier molecular flexibility index (Phi) is 5.53. The largest absolute Gasteiger partial charge is 0.449 e. The van der Waals surface area contributed by atoms with Crippen molar-refractivity contribution < 1.29 is 19.1 Å². The number of esters is 1. The molecule has 1 aromatic rings. The summed E-state index contributed by atoms with van der Waals surface area (Å²) >= 11 is 0. The van der Waals surface area contributed by atoms with E-state index in [-0.39, 0.29) is 17.4 Å². The van der Waals surface area contributed by atoms with Gasteiger partial charge in [0.1, 0.15) is 0 Å². The Bertz CT molecular complexity index is 670. The van der Waals surface area contributed by atoms with E-state index in [1.165, 1.54) is 38.1 Å². The number of nitriles is 1. The molecule has 7 nitrogen and oxygen atoms in total. The first kappa shape index (κ1) is 17.5. The van der Waals surface area contributed by atoms with Gasteiger partial charge in [-0.25, -0.2) is 4.79 Å². The molecule has 0 radical (unpaired) electrons. The summed E-state index contributed by atoms with van der Waals surface area (Å²) < 4.78 is 5.21. The predicted octanol–water partition coefficient (Wildman–Crippen LogP) is 0.794. The summed E-state index contributed by atoms with van der Waals surface area (Å²) in [5, 5.41) is 8.74. The van der Waals surface area contributed by atoms with Crippen molar-refractivity contribution >= 4 is 17.8 Å². The Hall–Kier alpha value is -2.88. The van der Waals surface area contributed by atoms with Crippen molar-refractivity contribution in [3.05, 3.63) is 35.4 Å². The molecule has 24 heavy (non-hydrogen) atoms. The number of hydrogen-bond acceptors (Lipinski definition) is 5. The molecule has 0 unspecified atom stereocenters. The normalized spacial score (nSPS) is 15.4. The fourth-order valence-corrected chi connectivity index (χ4v) is 2.46. The van der Waals surface area contributed by atoms with E-state index in [1.807, 2.05) is 6.07 Å². The second-order valence-electron chi connectivity index (χ2n) is 5.57. The third-order valence-electron chi connectivity index (χ3n) is 3.92. The smallest absolute Gasteiger partial charge is 0.338 e. The Morgan fingerprint density at radius 3 is 2.12 bits per heavy atom. The van der Waals surface area contributed by atoms with E-state index in [0.717, 1.165) is 0 Å². The summed E-state index contributed by atoms with van der Waals surface area (Å²) in [5.74, 6) is -0.898. The second kappa shape index (κ2) is 7.59. The number of nitrogens with zero attached hydrogens (tertiary/aromatic N) is 3. The molecule has 2 rings (SSSR count). The molecule has 0 N–H and O–H groups in total. The van der Waals surface area contributed by atoms with Crippen molar-refractivity contribution in [2.45, 2.75) is 20.0 Å². The number of ether oxygens (including phenoxy) is 1. The lowest BCUT2D eigenvalue weighted by atomic mass is 10.1. The van der Waals surface area contributed by atoms with Gasteiger partial charge < -0.3 is 14.5 Å². The summed E-state index contributed by atoms with van der Waals surface area (Å²) in [4.78, 5) is 39.0. The van der Waals surface area contributed by atoms with Crippen molar-refractivity contribution in [3.63, 3.8) is 0 Å². The van der Waals surface area contributed by atoms with Crippen LogP contribution in [0.3, 0.4) is 0 Å². The van der Waals surface area contributed by atoms with Crippen LogP contribution in [0.4, 0.5) is 0 Å². The van der Waals surface area contributed by atoms with Crippen molar-refractivity contribution in [1.29, 1.82) is 5.26 Å². The van der Waals surface area contributed by atoms with Crippen LogP contribution < -0.4 is 0 Å². The van der Waals surface area contributed by atoms with Gasteiger partial charge in [0.25, 0.3) is 5.91 Å². The molecule has 1 heterocycles. The Morgan fingerprint density at radius 1 is 1.08 bits per heavy atom. The van der Waals surface area contributed by atoms with Crippen LogP contribution in [0.15, 0.2) is 24.3 Å². The zero-order chi connectivity index (χ0) is 17.7. The van der Waals surface area contributed by atoms with Gasteiger partial charge in [-0.05, 0) is 31.2 Å². The van der Waals surface area contributed by atoms with Crippen LogP contribution in [0, 0.1) is 11.3 Å². The molecule has 1 fully saturated rings. The molecule has 1 aliphatic heterocycles. The summed E-state index contributed by atoms with van der Waals surface area (Å²) in [5.41, 5.74) is 0.731. The lowest BCUT2D eigenvalue weighted by Crippen LogP contribution is -2.52. The standard InChI is InChI=1S/C17H19N3O4/c1-12(16(22)20-9-7-19(8-10-20)13(2)21)24-17(23)15-5-3-14(11-18)4-6-15/h3-6,12H,7-10H2,1-2H3/t12-/m1/s1. The lowest BCUT2D eigenvalue weighted by Gasteiger charge is -2.35. The van der Waals surface area contributed by atoms with E-state index >= 15 is 0 Å². The molecule has 2 amide bonds. The maximum absolute atomic E-state index is 12.3. The zero-order valence-corrected chi connectivity index (χ0v) is 13.7. The van der Waals surface area contributed by atoms with Gasteiger partial charge in [-0.2, -0.15) is 5.26 Å². The first-order valence-corrected chi connectivity index (χ1v) is 7.68. The fourth-order valence-electron chi connectivity index (χ4n) is 2.46. The van der Waals surface area contributed by atoms with Gasteiger partial charge in [-0.1, -0.05) is 0 Å². The number of carbonyl (C=O) groups is 3. The van der Waals surface area contributed by atoms with Gasteiger partial charge in [0.05, 0.1) is 17.2 Å². The molecule has 0 aliphatic carbocycles. The number of benzene rings is 1. The van der Waals surface area contributed by atoms with Crippen LogP contribution in [0.2, 0.25) is 0 Å². The molecule has 1 atom stereocenters. The topological polar surface area (TPSA) is 90.7 Å². The van der Waals surface area contributed by atoms with Crippen molar-refractivity contribution in [2.75, 3.05) is 26.2 Å². The average molecular weight is 329 g/mol. The number of piperazine rings is 1. The predicted molar refractivity (Wildman–Crippen MR) is 84.9 cm³/mol. The molecule has 0 saturated carbocycles. The first-order valence-electron chi connectivity index (χ1n) is 7.68. The van der Waals surface area contributed by atoms with Crippen LogP contribution >= 0.6 is 0 Å². The summed E-state index contributed by atoms with van der Waals surface area (Å²) in [6.07, 6.45) is -0.906. The highest BCUT2D eigenvalue weighted by molar-refractivity contribution is 5.92. The molecule has 1 aliphatic rings. The molecule has 1 aromatic carbocycles. The fraction of sp³-hybridized carbons (Fsp3) is 0.412. The minimum absolute atomic E-state index is 0.0117. The van der Waals surface area contributed by atoms with Crippen molar-refractivity contribution in [3.8, 4) is 6.07 Å². The Labute approximate surface area is 140 Å². The number of hydrogen-bond donors (Lipinski definition) is 0. The maximum Gasteiger partial charge on any atom is 0.338 e. The molecule has 0 aromatic heterocycles. The van der Waals surface area contributed by atoms with E-state index in [0.29, 0.717) is 31.7 Å². The van der Waals surface area contributed by atoms with Crippen molar-refractivity contribution in [2.24, 2.45) is 0 Å². The number of rotatable bonds is 3. The quantitative estimate of drug-likeness (QED) is 0.765. The highest BCUT2D eigenvalue weighted by Crippen LogP contribution is 2.10. The average Bonchev–Trinajstić information content (AvgIpc) is 2.61. The molecule has 0 spiro atoms. The van der Waals surface area contributed by atoms with Gasteiger partial charge in [0.15, 0.2) is 6.10 Å². The Balaban J connectivity index is 1.90. The Morgan fingerprint density at radius 2 is 1.62 bits per heavy atom. The van der Waals surface area contributed by atoms with Gasteiger partial charge >= 0.3 is 5.97 Å². The zero-order valence-electron chi connectivity index (χ0n) is 13.7. The third kappa shape index (κ3) is 4.10. The minimum Gasteiger partial charge on any atom is -0.449 e. The van der Waals surface area contributed by atoms with Gasteiger partial charge in [0, 0.05) is 33.1 Å². The van der Waals surface area contributed by atoms with Crippen LogP contribution in [-0.4, -0.2) is 59.9 Å². The van der Waals surface area contributed by atoms with E-state index in [2.05, 4.69) is 0 Å². The first-order chi connectivity index (χ1) is 11.4. The number of carbonyl (C=O) groups excluding carboxylic acids is 3. The van der Waals surface area contributed by atoms with Gasteiger partial charge in [-0.15, -0.1) is 0 Å². The summed E-state index contributed by atoms with van der Waals surface area (Å²) in [6.45, 7) is 4.85. The van der Waals surface area contributed by atoms with Crippen LogP contribution in [-0.2, 0) is 14.3 Å². The third-order valence-corrected chi connectivity index (χ3v) is 3.92.